The molecule has 1 atom stereocenters. The van der Waals surface area contributed by atoms with Gasteiger partial charge >= 0.3 is 6.18 Å². The van der Waals surface area contributed by atoms with Crippen molar-refractivity contribution in [3.63, 3.8) is 0 Å². The van der Waals surface area contributed by atoms with Crippen molar-refractivity contribution < 1.29 is 18.0 Å². The molecule has 154 valence electrons. The Morgan fingerprint density at radius 2 is 2.04 bits per heavy atom. The molecule has 1 N–H and O–H groups in total. The molecule has 3 rings (SSSR count). The smallest absolute Gasteiger partial charge is 0.307 e. The van der Waals surface area contributed by atoms with Crippen LogP contribution in [0.5, 0.6) is 0 Å². The lowest BCUT2D eigenvalue weighted by Crippen LogP contribution is -2.28. The summed E-state index contributed by atoms with van der Waals surface area (Å²) in [4.78, 5) is 12.8. The number of rotatable bonds is 7. The van der Waals surface area contributed by atoms with E-state index < -0.39 is 23.8 Å². The van der Waals surface area contributed by atoms with E-state index in [4.69, 9.17) is 0 Å². The van der Waals surface area contributed by atoms with Gasteiger partial charge in [-0.05, 0) is 39.0 Å². The van der Waals surface area contributed by atoms with Gasteiger partial charge in [-0.25, -0.2) is 0 Å². The Kier molecular flexibility index (Phi) is 5.81. The molecular formula is C19H26F3N5O. The summed E-state index contributed by atoms with van der Waals surface area (Å²) in [7, 11) is 0. The highest BCUT2D eigenvalue weighted by Crippen LogP contribution is 2.38. The molecule has 0 saturated carbocycles. The van der Waals surface area contributed by atoms with Crippen LogP contribution in [-0.4, -0.2) is 25.5 Å². The molecule has 0 radical (unpaired) electrons. The molecule has 0 bridgehead atoms. The summed E-state index contributed by atoms with van der Waals surface area (Å²) in [6.07, 6.45) is -0.653. The zero-order valence-electron chi connectivity index (χ0n) is 16.4. The Bertz CT molecular complexity index is 853. The normalized spacial score (nSPS) is 14.9. The van der Waals surface area contributed by atoms with Gasteiger partial charge < -0.3 is 5.32 Å². The first-order chi connectivity index (χ1) is 13.3. The van der Waals surface area contributed by atoms with Gasteiger partial charge in [0.25, 0.3) is 0 Å². The van der Waals surface area contributed by atoms with Gasteiger partial charge in [0, 0.05) is 29.6 Å². The number of hydrogen-bond donors (Lipinski definition) is 1. The van der Waals surface area contributed by atoms with E-state index in [9.17, 15) is 18.0 Å². The van der Waals surface area contributed by atoms with Crippen LogP contribution >= 0.6 is 0 Å². The Morgan fingerprint density at radius 1 is 1.29 bits per heavy atom. The summed E-state index contributed by atoms with van der Waals surface area (Å²) in [5, 5.41) is 11.0. The van der Waals surface area contributed by atoms with Gasteiger partial charge in [-0.1, -0.05) is 20.3 Å². The number of anilines is 1. The molecule has 0 saturated heterocycles. The van der Waals surface area contributed by atoms with Gasteiger partial charge in [-0.2, -0.15) is 23.4 Å². The van der Waals surface area contributed by atoms with E-state index in [0.717, 1.165) is 25.1 Å². The highest BCUT2D eigenvalue weighted by Gasteiger charge is 2.41. The third kappa shape index (κ3) is 3.93. The van der Waals surface area contributed by atoms with Crippen molar-refractivity contribution >= 4 is 11.7 Å². The number of hydrogen-bond acceptors (Lipinski definition) is 3. The van der Waals surface area contributed by atoms with Crippen LogP contribution in [0, 0.1) is 6.92 Å². The van der Waals surface area contributed by atoms with Gasteiger partial charge in [0.1, 0.15) is 6.04 Å². The monoisotopic (exact) mass is 397 g/mol. The van der Waals surface area contributed by atoms with Crippen molar-refractivity contribution in [1.29, 1.82) is 0 Å². The van der Waals surface area contributed by atoms with E-state index in [2.05, 4.69) is 22.4 Å². The largest absolute Gasteiger partial charge is 0.435 e. The lowest BCUT2D eigenvalue weighted by atomic mass is 10.1. The van der Waals surface area contributed by atoms with Crippen molar-refractivity contribution in [2.24, 2.45) is 0 Å². The molecule has 2 aromatic rings. The molecule has 28 heavy (non-hydrogen) atoms. The van der Waals surface area contributed by atoms with Gasteiger partial charge in [-0.15, -0.1) is 0 Å². The summed E-state index contributed by atoms with van der Waals surface area (Å²) >= 11 is 0. The van der Waals surface area contributed by atoms with Crippen LogP contribution in [0.1, 0.15) is 68.2 Å². The SMILES string of the molecule is CCCCn1nc(NC(=O)[C@@H](CC)n2nc(C(F)(F)F)c3c2CCC3)cc1C. The quantitative estimate of drug-likeness (QED) is 0.758. The van der Waals surface area contributed by atoms with E-state index in [1.807, 2.05) is 11.6 Å². The molecule has 0 unspecified atom stereocenters. The maximum Gasteiger partial charge on any atom is 0.435 e. The number of aromatic nitrogens is 4. The van der Waals surface area contributed by atoms with Crippen LogP contribution in [0.2, 0.25) is 0 Å². The number of carbonyl (C=O) groups excluding carboxylic acids is 1. The maximum absolute atomic E-state index is 13.3. The number of halogens is 3. The molecule has 0 spiro atoms. The van der Waals surface area contributed by atoms with Crippen LogP contribution < -0.4 is 5.32 Å². The number of alkyl halides is 3. The minimum Gasteiger partial charge on any atom is -0.307 e. The zero-order chi connectivity index (χ0) is 20.5. The molecule has 6 nitrogen and oxygen atoms in total. The van der Waals surface area contributed by atoms with Gasteiger partial charge in [0.05, 0.1) is 0 Å². The first kappa shape index (κ1) is 20.4. The van der Waals surface area contributed by atoms with E-state index >= 15 is 0 Å². The van der Waals surface area contributed by atoms with Crippen molar-refractivity contribution in [2.45, 2.75) is 78.1 Å². The summed E-state index contributed by atoms with van der Waals surface area (Å²) in [5.74, 6) is 0.0189. The standard InChI is InChI=1S/C19H26F3N5O/c1-4-6-10-26-12(3)11-16(24-26)23-18(28)14(5-2)27-15-9-7-8-13(15)17(25-27)19(20,21)22/h11,14H,4-10H2,1-3H3,(H,23,24,28)/t14-/m1/s1. The van der Waals surface area contributed by atoms with Crippen molar-refractivity contribution in [3.05, 3.63) is 28.7 Å². The van der Waals surface area contributed by atoms with Gasteiger partial charge in [-0.3, -0.25) is 14.2 Å². The second-order valence-electron chi connectivity index (χ2n) is 7.23. The molecule has 2 aromatic heterocycles. The van der Waals surface area contributed by atoms with Crippen LogP contribution in [0.25, 0.3) is 0 Å². The molecule has 9 heteroatoms. The maximum atomic E-state index is 13.3. The van der Waals surface area contributed by atoms with Crippen molar-refractivity contribution in [3.8, 4) is 0 Å². The number of nitrogens with one attached hydrogen (secondary N) is 1. The first-order valence-electron chi connectivity index (χ1n) is 9.79. The number of fused-ring (bicyclic) bond motifs is 1. The fourth-order valence-electron chi connectivity index (χ4n) is 3.73. The molecule has 0 aliphatic heterocycles. The number of carbonyl (C=O) groups is 1. The number of nitrogens with zero attached hydrogens (tertiary/aromatic N) is 4. The average Bonchev–Trinajstić information content (AvgIpc) is 3.29. The Labute approximate surface area is 162 Å². The molecule has 0 fully saturated rings. The zero-order valence-corrected chi connectivity index (χ0v) is 16.4. The molecule has 1 amide bonds. The molecule has 0 aromatic carbocycles. The highest BCUT2D eigenvalue weighted by atomic mass is 19.4. The summed E-state index contributed by atoms with van der Waals surface area (Å²) in [5.41, 5.74) is 0.833. The minimum atomic E-state index is -4.51. The third-order valence-corrected chi connectivity index (χ3v) is 5.17. The summed E-state index contributed by atoms with van der Waals surface area (Å²) in [6, 6.07) is 0.971. The first-order valence-corrected chi connectivity index (χ1v) is 9.79. The predicted molar refractivity (Wildman–Crippen MR) is 99.1 cm³/mol. The fraction of sp³-hybridized carbons (Fsp3) is 0.632. The lowest BCUT2D eigenvalue weighted by molar-refractivity contribution is -0.142. The average molecular weight is 397 g/mol. The van der Waals surface area contributed by atoms with Gasteiger partial charge in [0.2, 0.25) is 5.91 Å². The fourth-order valence-corrected chi connectivity index (χ4v) is 3.73. The Balaban J connectivity index is 1.84. The van der Waals surface area contributed by atoms with Crippen molar-refractivity contribution in [2.75, 3.05) is 5.32 Å². The van der Waals surface area contributed by atoms with Crippen LogP contribution in [0.4, 0.5) is 19.0 Å². The predicted octanol–water partition coefficient (Wildman–Crippen LogP) is 4.29. The summed E-state index contributed by atoms with van der Waals surface area (Å²) in [6.45, 7) is 6.53. The van der Waals surface area contributed by atoms with Crippen LogP contribution in [0.15, 0.2) is 6.07 Å². The highest BCUT2D eigenvalue weighted by molar-refractivity contribution is 5.92. The van der Waals surface area contributed by atoms with E-state index in [1.165, 1.54) is 4.68 Å². The van der Waals surface area contributed by atoms with E-state index in [0.29, 0.717) is 37.2 Å². The third-order valence-electron chi connectivity index (χ3n) is 5.17. The second kappa shape index (κ2) is 7.97. The summed E-state index contributed by atoms with van der Waals surface area (Å²) < 4.78 is 43.1. The second-order valence-corrected chi connectivity index (χ2v) is 7.23. The van der Waals surface area contributed by atoms with E-state index in [1.54, 1.807) is 13.0 Å². The van der Waals surface area contributed by atoms with Gasteiger partial charge in [0.15, 0.2) is 11.5 Å². The minimum absolute atomic E-state index is 0.235. The van der Waals surface area contributed by atoms with Crippen LogP contribution in [0.3, 0.4) is 0 Å². The Morgan fingerprint density at radius 3 is 2.68 bits per heavy atom. The molecule has 1 aliphatic rings. The molecule has 1 aliphatic carbocycles. The molecular weight excluding hydrogens is 371 g/mol. The molecule has 2 heterocycles. The van der Waals surface area contributed by atoms with Crippen LogP contribution in [-0.2, 0) is 30.4 Å². The number of aryl methyl sites for hydroxylation is 2. The Hall–Kier alpha value is -2.32. The topological polar surface area (TPSA) is 64.7 Å². The number of amides is 1. The van der Waals surface area contributed by atoms with E-state index in [-0.39, 0.29) is 5.56 Å². The lowest BCUT2D eigenvalue weighted by Gasteiger charge is -2.17. The van der Waals surface area contributed by atoms with Crippen molar-refractivity contribution in [1.82, 2.24) is 19.6 Å². The number of unbranched alkanes of at least 4 members (excludes halogenated alkanes) is 1.